The first-order valence-corrected chi connectivity index (χ1v) is 9.68. The number of thioether (sulfide) groups is 1. The maximum atomic E-state index is 12.0. The number of hydrogen-bond acceptors (Lipinski definition) is 5. The van der Waals surface area contributed by atoms with E-state index in [9.17, 15) is 4.79 Å². The topological polar surface area (TPSA) is 56.0 Å². The maximum absolute atomic E-state index is 12.0. The van der Waals surface area contributed by atoms with Crippen molar-refractivity contribution in [3.8, 4) is 0 Å². The number of nitrogens with zero attached hydrogens (tertiary/aromatic N) is 2. The Morgan fingerprint density at radius 3 is 2.81 bits per heavy atom. The zero-order valence-corrected chi connectivity index (χ0v) is 14.9. The van der Waals surface area contributed by atoms with Crippen molar-refractivity contribution in [1.29, 1.82) is 0 Å². The second-order valence-corrected chi connectivity index (χ2v) is 7.55. The quantitative estimate of drug-likeness (QED) is 0.397. The standard InChI is InChI=1S/C21H16N2O2S/c24-20-10-16(18-8-13-5-3-6-14(13)9-19(18)25-20)12-26-21-17-7-2-1-4-15(17)11-22-23-21/h1-2,4,7-11H,3,5-6,12H2. The highest BCUT2D eigenvalue weighted by molar-refractivity contribution is 7.98. The van der Waals surface area contributed by atoms with Crippen molar-refractivity contribution in [3.05, 3.63) is 75.8 Å². The fourth-order valence-corrected chi connectivity index (χ4v) is 4.65. The zero-order valence-electron chi connectivity index (χ0n) is 14.1. The third kappa shape index (κ3) is 2.69. The van der Waals surface area contributed by atoms with Crippen LogP contribution in [0.1, 0.15) is 23.1 Å². The Hall–Kier alpha value is -2.66. The van der Waals surface area contributed by atoms with Gasteiger partial charge in [0.15, 0.2) is 0 Å². The molecule has 0 spiro atoms. The molecule has 0 saturated heterocycles. The Balaban J connectivity index is 1.56. The SMILES string of the molecule is O=c1cc(CSc2nncc3ccccc23)c2cc3c(cc2o1)CCC3. The summed E-state index contributed by atoms with van der Waals surface area (Å²) in [4.78, 5) is 12.0. The predicted octanol–water partition coefficient (Wildman–Crippen LogP) is 4.52. The van der Waals surface area contributed by atoms with Crippen LogP contribution in [-0.4, -0.2) is 10.2 Å². The van der Waals surface area contributed by atoms with Gasteiger partial charge in [-0.05, 0) is 48.1 Å². The first kappa shape index (κ1) is 15.6. The van der Waals surface area contributed by atoms with E-state index in [1.54, 1.807) is 24.0 Å². The molecule has 5 heteroatoms. The van der Waals surface area contributed by atoms with Crippen molar-refractivity contribution in [2.45, 2.75) is 30.0 Å². The highest BCUT2D eigenvalue weighted by Gasteiger charge is 2.15. The molecule has 128 valence electrons. The summed E-state index contributed by atoms with van der Waals surface area (Å²) < 4.78 is 5.46. The number of aryl methyl sites for hydroxylation is 2. The average Bonchev–Trinajstić information content (AvgIpc) is 3.11. The van der Waals surface area contributed by atoms with E-state index in [4.69, 9.17) is 4.42 Å². The molecule has 0 radical (unpaired) electrons. The summed E-state index contributed by atoms with van der Waals surface area (Å²) in [6.07, 6.45) is 5.12. The number of benzene rings is 2. The minimum absolute atomic E-state index is 0.296. The van der Waals surface area contributed by atoms with Crippen LogP contribution in [-0.2, 0) is 18.6 Å². The molecule has 0 unspecified atom stereocenters. The number of fused-ring (bicyclic) bond motifs is 3. The van der Waals surface area contributed by atoms with Gasteiger partial charge in [0.25, 0.3) is 0 Å². The molecule has 1 aliphatic carbocycles. The first-order valence-electron chi connectivity index (χ1n) is 8.70. The van der Waals surface area contributed by atoms with Gasteiger partial charge in [-0.25, -0.2) is 4.79 Å². The lowest BCUT2D eigenvalue weighted by Crippen LogP contribution is -2.01. The minimum atomic E-state index is -0.296. The summed E-state index contributed by atoms with van der Waals surface area (Å²) in [6.45, 7) is 0. The van der Waals surface area contributed by atoms with Gasteiger partial charge in [-0.15, -0.1) is 5.10 Å². The molecule has 5 rings (SSSR count). The monoisotopic (exact) mass is 360 g/mol. The summed E-state index contributed by atoms with van der Waals surface area (Å²) >= 11 is 1.61. The highest BCUT2D eigenvalue weighted by atomic mass is 32.2. The smallest absolute Gasteiger partial charge is 0.336 e. The fraction of sp³-hybridized carbons (Fsp3) is 0.190. The van der Waals surface area contributed by atoms with Gasteiger partial charge >= 0.3 is 5.63 Å². The molecule has 0 aliphatic heterocycles. The van der Waals surface area contributed by atoms with Crippen LogP contribution in [0.5, 0.6) is 0 Å². The van der Waals surface area contributed by atoms with E-state index < -0.39 is 0 Å². The summed E-state index contributed by atoms with van der Waals surface area (Å²) in [6, 6.07) is 13.9. The molecular weight excluding hydrogens is 344 g/mol. The fourth-order valence-electron chi connectivity index (χ4n) is 3.67. The molecule has 4 nitrogen and oxygen atoms in total. The Morgan fingerprint density at radius 2 is 1.88 bits per heavy atom. The molecule has 4 aromatic rings. The van der Waals surface area contributed by atoms with E-state index in [0.717, 1.165) is 39.6 Å². The molecule has 0 bridgehead atoms. The molecule has 0 amide bonds. The molecule has 2 aromatic carbocycles. The van der Waals surface area contributed by atoms with Crippen LogP contribution >= 0.6 is 11.8 Å². The molecular formula is C21H16N2O2S. The largest absolute Gasteiger partial charge is 0.423 e. The highest BCUT2D eigenvalue weighted by Crippen LogP contribution is 2.32. The number of rotatable bonds is 3. The Kier molecular flexibility index (Phi) is 3.75. The lowest BCUT2D eigenvalue weighted by atomic mass is 10.0. The van der Waals surface area contributed by atoms with Crippen molar-refractivity contribution in [2.75, 3.05) is 0 Å². The lowest BCUT2D eigenvalue weighted by molar-refractivity contribution is 0.559. The van der Waals surface area contributed by atoms with Crippen LogP contribution in [0.4, 0.5) is 0 Å². The van der Waals surface area contributed by atoms with E-state index in [1.165, 1.54) is 17.5 Å². The van der Waals surface area contributed by atoms with Gasteiger partial charge in [0, 0.05) is 28.0 Å². The predicted molar refractivity (Wildman–Crippen MR) is 104 cm³/mol. The van der Waals surface area contributed by atoms with Crippen LogP contribution in [0.3, 0.4) is 0 Å². The minimum Gasteiger partial charge on any atom is -0.423 e. The van der Waals surface area contributed by atoms with Crippen LogP contribution < -0.4 is 5.63 Å². The summed E-state index contributed by atoms with van der Waals surface area (Å²) in [5.41, 5.74) is 4.08. The molecule has 26 heavy (non-hydrogen) atoms. The summed E-state index contributed by atoms with van der Waals surface area (Å²) in [5, 5.41) is 12.5. The maximum Gasteiger partial charge on any atom is 0.336 e. The Bertz CT molecular complexity index is 1190. The summed E-state index contributed by atoms with van der Waals surface area (Å²) in [5.74, 6) is 0.656. The van der Waals surface area contributed by atoms with Crippen LogP contribution in [0.25, 0.3) is 21.7 Å². The van der Waals surface area contributed by atoms with Crippen molar-refractivity contribution in [2.24, 2.45) is 0 Å². The number of hydrogen-bond donors (Lipinski definition) is 0. The third-order valence-electron chi connectivity index (χ3n) is 4.94. The van der Waals surface area contributed by atoms with Gasteiger partial charge in [-0.1, -0.05) is 36.0 Å². The molecule has 0 atom stereocenters. The molecule has 0 N–H and O–H groups in total. The molecule has 2 aromatic heterocycles. The average molecular weight is 360 g/mol. The number of aromatic nitrogens is 2. The normalized spacial score (nSPS) is 13.4. The van der Waals surface area contributed by atoms with Gasteiger partial charge in [0.1, 0.15) is 10.6 Å². The van der Waals surface area contributed by atoms with Gasteiger partial charge in [-0.3, -0.25) is 0 Å². The van der Waals surface area contributed by atoms with Crippen LogP contribution in [0.2, 0.25) is 0 Å². The van der Waals surface area contributed by atoms with Crippen LogP contribution in [0.15, 0.2) is 62.9 Å². The second kappa shape index (κ2) is 6.25. The molecule has 1 aliphatic rings. The Morgan fingerprint density at radius 1 is 1.04 bits per heavy atom. The first-order chi connectivity index (χ1) is 12.8. The van der Waals surface area contributed by atoms with Gasteiger partial charge in [-0.2, -0.15) is 5.10 Å². The van der Waals surface area contributed by atoms with E-state index >= 15 is 0 Å². The van der Waals surface area contributed by atoms with Gasteiger partial charge in [0.2, 0.25) is 0 Å². The molecule has 2 heterocycles. The Labute approximate surface area is 154 Å². The molecule has 0 fully saturated rings. The van der Waals surface area contributed by atoms with Crippen molar-refractivity contribution in [3.63, 3.8) is 0 Å². The van der Waals surface area contributed by atoms with E-state index in [0.29, 0.717) is 11.3 Å². The van der Waals surface area contributed by atoms with E-state index in [-0.39, 0.29) is 5.63 Å². The van der Waals surface area contributed by atoms with Crippen molar-refractivity contribution >= 4 is 33.5 Å². The zero-order chi connectivity index (χ0) is 17.5. The van der Waals surface area contributed by atoms with Crippen molar-refractivity contribution in [1.82, 2.24) is 10.2 Å². The lowest BCUT2D eigenvalue weighted by Gasteiger charge is -2.08. The van der Waals surface area contributed by atoms with E-state index in [1.807, 2.05) is 24.3 Å². The second-order valence-electron chi connectivity index (χ2n) is 6.59. The van der Waals surface area contributed by atoms with Gasteiger partial charge < -0.3 is 4.42 Å². The van der Waals surface area contributed by atoms with Gasteiger partial charge in [0.05, 0.1) is 6.20 Å². The molecule has 0 saturated carbocycles. The summed E-state index contributed by atoms with van der Waals surface area (Å²) in [7, 11) is 0. The third-order valence-corrected chi connectivity index (χ3v) is 5.97. The van der Waals surface area contributed by atoms with Crippen molar-refractivity contribution < 1.29 is 4.42 Å². The van der Waals surface area contributed by atoms with E-state index in [2.05, 4.69) is 22.3 Å². The van der Waals surface area contributed by atoms with Crippen LogP contribution in [0, 0.1) is 0 Å².